The van der Waals surface area contributed by atoms with Gasteiger partial charge in [0.05, 0.1) is 10.6 Å². The fourth-order valence-corrected chi connectivity index (χ4v) is 5.64. The summed E-state index contributed by atoms with van der Waals surface area (Å²) in [6.45, 7) is 5.38. The molecule has 0 radical (unpaired) electrons. The molecule has 1 saturated heterocycles. The number of carbonyl (C=O) groups excluding carboxylic acids is 1. The highest BCUT2D eigenvalue weighted by atomic mass is 32.2. The summed E-state index contributed by atoms with van der Waals surface area (Å²) in [4.78, 5) is 16.0. The molecular weight excluding hydrogens is 461 g/mol. The van der Waals surface area contributed by atoms with Crippen molar-refractivity contribution < 1.29 is 17.6 Å². The summed E-state index contributed by atoms with van der Waals surface area (Å²) in [6, 6.07) is 11.7. The highest BCUT2D eigenvalue weighted by Crippen LogP contribution is 2.26. The minimum Gasteiger partial charge on any atom is -0.354 e. The van der Waals surface area contributed by atoms with Crippen molar-refractivity contribution in [2.45, 2.75) is 36.0 Å². The van der Waals surface area contributed by atoms with Crippen molar-refractivity contribution in [2.75, 3.05) is 43.3 Å². The summed E-state index contributed by atoms with van der Waals surface area (Å²) >= 11 is 1.50. The summed E-state index contributed by atoms with van der Waals surface area (Å²) in [7, 11) is -4.06. The first-order valence-corrected chi connectivity index (χ1v) is 13.9. The van der Waals surface area contributed by atoms with Gasteiger partial charge < -0.3 is 10.2 Å². The van der Waals surface area contributed by atoms with E-state index >= 15 is 0 Å². The van der Waals surface area contributed by atoms with Crippen LogP contribution < -0.4 is 9.62 Å². The molecule has 0 bridgehead atoms. The molecule has 1 aliphatic rings. The number of hydrogen-bond acceptors (Lipinski definition) is 5. The number of likely N-dealkylation sites (tertiary alicyclic amines) is 1. The Kier molecular flexibility index (Phi) is 9.17. The van der Waals surface area contributed by atoms with Gasteiger partial charge in [0.25, 0.3) is 10.0 Å². The van der Waals surface area contributed by atoms with Crippen molar-refractivity contribution >= 4 is 33.4 Å². The number of nitrogens with one attached hydrogen (secondary N) is 1. The standard InChI is InChI=1S/C24H32FN3O3S2/c1-19-11-15-27(16-12-19)14-4-13-26-24(29)18-28(21-6-3-5-20(25)17-21)33(30,31)23-9-7-22(32-2)8-10-23/h3,5-10,17,19H,4,11-16,18H2,1-2H3,(H,26,29). The molecule has 1 N–H and O–H groups in total. The molecule has 9 heteroatoms. The monoisotopic (exact) mass is 493 g/mol. The Bertz CT molecular complexity index is 1020. The van der Waals surface area contributed by atoms with Gasteiger partial charge in [0.15, 0.2) is 0 Å². The lowest BCUT2D eigenvalue weighted by Gasteiger charge is -2.30. The predicted octanol–water partition coefficient (Wildman–Crippen LogP) is 3.98. The summed E-state index contributed by atoms with van der Waals surface area (Å²) in [5.74, 6) is -0.217. The number of anilines is 1. The molecule has 0 spiro atoms. The van der Waals surface area contributed by atoms with Gasteiger partial charge in [0, 0.05) is 11.4 Å². The normalized spacial score (nSPS) is 15.4. The first-order chi connectivity index (χ1) is 15.8. The number of thioether (sulfide) groups is 1. The van der Waals surface area contributed by atoms with E-state index in [1.54, 1.807) is 12.1 Å². The van der Waals surface area contributed by atoms with E-state index in [2.05, 4.69) is 17.1 Å². The van der Waals surface area contributed by atoms with Gasteiger partial charge in [-0.15, -0.1) is 11.8 Å². The number of benzene rings is 2. The van der Waals surface area contributed by atoms with Crippen molar-refractivity contribution in [3.05, 3.63) is 54.3 Å². The summed E-state index contributed by atoms with van der Waals surface area (Å²) in [6.07, 6.45) is 5.09. The molecule has 0 atom stereocenters. The van der Waals surface area contributed by atoms with Crippen LogP contribution in [-0.2, 0) is 14.8 Å². The van der Waals surface area contributed by atoms with Crippen LogP contribution in [0.1, 0.15) is 26.2 Å². The molecule has 1 aliphatic heterocycles. The number of hydrogen-bond donors (Lipinski definition) is 1. The van der Waals surface area contributed by atoms with Gasteiger partial charge in [-0.3, -0.25) is 9.10 Å². The maximum absolute atomic E-state index is 13.9. The van der Waals surface area contributed by atoms with E-state index < -0.39 is 28.3 Å². The van der Waals surface area contributed by atoms with Crippen molar-refractivity contribution in [3.63, 3.8) is 0 Å². The minimum atomic E-state index is -4.06. The number of halogens is 1. The SMILES string of the molecule is CSc1ccc(S(=O)(=O)N(CC(=O)NCCCN2CCC(C)CC2)c2cccc(F)c2)cc1. The largest absolute Gasteiger partial charge is 0.354 e. The average molecular weight is 494 g/mol. The van der Waals surface area contributed by atoms with Crippen LogP contribution in [0.5, 0.6) is 0 Å². The average Bonchev–Trinajstić information content (AvgIpc) is 2.81. The van der Waals surface area contributed by atoms with Crippen molar-refractivity contribution in [2.24, 2.45) is 5.92 Å². The van der Waals surface area contributed by atoms with Crippen molar-refractivity contribution in [3.8, 4) is 0 Å². The second kappa shape index (κ2) is 11.9. The number of amides is 1. The Balaban J connectivity index is 1.66. The van der Waals surface area contributed by atoms with Gasteiger partial charge >= 0.3 is 0 Å². The number of nitrogens with zero attached hydrogens (tertiary/aromatic N) is 2. The summed E-state index contributed by atoms with van der Waals surface area (Å²) in [5, 5.41) is 2.82. The quantitative estimate of drug-likeness (QED) is 0.401. The van der Waals surface area contributed by atoms with E-state index in [0.717, 1.165) is 47.2 Å². The van der Waals surface area contributed by atoms with Crippen LogP contribution >= 0.6 is 11.8 Å². The third-order valence-corrected chi connectivity index (χ3v) is 8.41. The van der Waals surface area contributed by atoms with Crippen LogP contribution in [0.4, 0.5) is 10.1 Å². The van der Waals surface area contributed by atoms with E-state index in [9.17, 15) is 17.6 Å². The van der Waals surface area contributed by atoms with Gasteiger partial charge in [-0.2, -0.15) is 0 Å². The fraction of sp³-hybridized carbons (Fsp3) is 0.458. The zero-order chi connectivity index (χ0) is 23.8. The zero-order valence-corrected chi connectivity index (χ0v) is 20.8. The van der Waals surface area contributed by atoms with E-state index in [1.807, 2.05) is 6.26 Å². The Morgan fingerprint density at radius 2 is 1.88 bits per heavy atom. The van der Waals surface area contributed by atoms with E-state index in [-0.39, 0.29) is 10.6 Å². The third-order valence-electron chi connectivity index (χ3n) is 5.88. The highest BCUT2D eigenvalue weighted by Gasteiger charge is 2.27. The summed E-state index contributed by atoms with van der Waals surface area (Å²) in [5.41, 5.74) is 0.113. The summed E-state index contributed by atoms with van der Waals surface area (Å²) < 4.78 is 41.5. The smallest absolute Gasteiger partial charge is 0.264 e. The Morgan fingerprint density at radius 3 is 2.52 bits per heavy atom. The van der Waals surface area contributed by atoms with E-state index in [1.165, 1.54) is 54.9 Å². The molecule has 33 heavy (non-hydrogen) atoms. The van der Waals surface area contributed by atoms with Gasteiger partial charge in [0.1, 0.15) is 12.4 Å². The van der Waals surface area contributed by atoms with Crippen LogP contribution in [-0.4, -0.2) is 58.2 Å². The van der Waals surface area contributed by atoms with Crippen LogP contribution in [0.3, 0.4) is 0 Å². The molecule has 1 heterocycles. The molecule has 1 amide bonds. The molecule has 0 aromatic heterocycles. The fourth-order valence-electron chi connectivity index (χ4n) is 3.82. The first-order valence-electron chi connectivity index (χ1n) is 11.2. The molecule has 2 aromatic carbocycles. The number of sulfonamides is 1. The van der Waals surface area contributed by atoms with Crippen molar-refractivity contribution in [1.82, 2.24) is 10.2 Å². The molecule has 180 valence electrons. The molecule has 0 unspecified atom stereocenters. The number of piperidine rings is 1. The number of rotatable bonds is 10. The van der Waals surface area contributed by atoms with Gasteiger partial charge in [0.2, 0.25) is 5.91 Å². The molecule has 1 fully saturated rings. The Labute approximate surface area is 200 Å². The van der Waals surface area contributed by atoms with Gasteiger partial charge in [-0.25, -0.2) is 12.8 Å². The highest BCUT2D eigenvalue weighted by molar-refractivity contribution is 7.98. The second-order valence-corrected chi connectivity index (χ2v) is 11.1. The lowest BCUT2D eigenvalue weighted by atomic mass is 9.99. The van der Waals surface area contributed by atoms with Crippen LogP contribution in [0, 0.1) is 11.7 Å². The maximum Gasteiger partial charge on any atom is 0.264 e. The Morgan fingerprint density at radius 1 is 1.18 bits per heavy atom. The van der Waals surface area contributed by atoms with Crippen LogP contribution in [0.25, 0.3) is 0 Å². The third kappa shape index (κ3) is 7.19. The lowest BCUT2D eigenvalue weighted by Crippen LogP contribution is -2.42. The van der Waals surface area contributed by atoms with E-state index in [0.29, 0.717) is 6.54 Å². The van der Waals surface area contributed by atoms with Crippen LogP contribution in [0.15, 0.2) is 58.3 Å². The van der Waals surface area contributed by atoms with Gasteiger partial charge in [-0.05, 0) is 93.5 Å². The van der Waals surface area contributed by atoms with E-state index in [4.69, 9.17) is 0 Å². The van der Waals surface area contributed by atoms with Crippen molar-refractivity contribution in [1.29, 1.82) is 0 Å². The predicted molar refractivity (Wildman–Crippen MR) is 132 cm³/mol. The first kappa shape index (κ1) is 25.5. The lowest BCUT2D eigenvalue weighted by molar-refractivity contribution is -0.119. The zero-order valence-electron chi connectivity index (χ0n) is 19.2. The number of carbonyl (C=O) groups is 1. The van der Waals surface area contributed by atoms with Gasteiger partial charge in [-0.1, -0.05) is 13.0 Å². The second-order valence-electron chi connectivity index (χ2n) is 8.39. The van der Waals surface area contributed by atoms with Crippen LogP contribution in [0.2, 0.25) is 0 Å². The topological polar surface area (TPSA) is 69.7 Å². The molecular formula is C24H32FN3O3S2. The maximum atomic E-state index is 13.9. The molecule has 6 nitrogen and oxygen atoms in total. The molecule has 0 aliphatic carbocycles. The minimum absolute atomic E-state index is 0.0525. The molecule has 3 rings (SSSR count). The molecule has 2 aromatic rings. The molecule has 0 saturated carbocycles. The Hall–Kier alpha value is -2.10.